The van der Waals surface area contributed by atoms with Gasteiger partial charge in [-0.1, -0.05) is 0 Å². The Balaban J connectivity index is 1.32. The van der Waals surface area contributed by atoms with E-state index in [-0.39, 0.29) is 17.8 Å². The van der Waals surface area contributed by atoms with Crippen LogP contribution in [0.15, 0.2) is 18.2 Å². The van der Waals surface area contributed by atoms with Crippen LogP contribution in [0.4, 0.5) is 10.5 Å². The Hall–Kier alpha value is -2.65. The molecule has 0 radical (unpaired) electrons. The fraction of sp³-hybridized carbons (Fsp3) is 0.625. The molecule has 5 fully saturated rings. The number of rotatable bonds is 6. The molecular formula is C24H31N5O4. The zero-order valence-corrected chi connectivity index (χ0v) is 18.8. The molecule has 2 atom stereocenters. The van der Waals surface area contributed by atoms with E-state index in [4.69, 9.17) is 10.5 Å². The van der Waals surface area contributed by atoms with E-state index in [1.54, 1.807) is 0 Å². The van der Waals surface area contributed by atoms with Gasteiger partial charge in [-0.25, -0.2) is 9.59 Å². The quantitative estimate of drug-likeness (QED) is 0.530. The van der Waals surface area contributed by atoms with Crippen molar-refractivity contribution in [2.75, 3.05) is 44.2 Å². The average Bonchev–Trinajstić information content (AvgIpc) is 3.39. The van der Waals surface area contributed by atoms with Gasteiger partial charge in [-0.05, 0) is 75.2 Å². The number of nitrogens with two attached hydrogens (primary N) is 1. The lowest BCUT2D eigenvalue weighted by Crippen LogP contribution is -2.48. The summed E-state index contributed by atoms with van der Waals surface area (Å²) in [4.78, 5) is 28.6. The second kappa shape index (κ2) is 8.29. The summed E-state index contributed by atoms with van der Waals surface area (Å²) in [6, 6.07) is 6.28. The van der Waals surface area contributed by atoms with E-state index in [1.807, 2.05) is 16.8 Å². The van der Waals surface area contributed by atoms with Crippen LogP contribution in [0.2, 0.25) is 0 Å². The zero-order chi connectivity index (χ0) is 22.5. The van der Waals surface area contributed by atoms with Crippen LogP contribution in [0, 0.1) is 11.8 Å². The van der Waals surface area contributed by atoms with Crippen molar-refractivity contribution in [1.82, 2.24) is 14.7 Å². The van der Waals surface area contributed by atoms with Gasteiger partial charge in [-0.15, -0.1) is 0 Å². The first kappa shape index (κ1) is 20.9. The van der Waals surface area contributed by atoms with Crippen molar-refractivity contribution < 1.29 is 19.1 Å². The minimum absolute atomic E-state index is 0.152. The van der Waals surface area contributed by atoms with Crippen LogP contribution in [0.25, 0.3) is 10.9 Å². The Kier molecular flexibility index (Phi) is 5.25. The molecule has 1 amide bonds. The van der Waals surface area contributed by atoms with Crippen LogP contribution >= 0.6 is 0 Å². The van der Waals surface area contributed by atoms with Crippen LogP contribution in [0.1, 0.15) is 48.6 Å². The van der Waals surface area contributed by atoms with E-state index in [1.165, 1.54) is 12.8 Å². The molecule has 1 aliphatic carbocycles. The molecule has 4 saturated heterocycles. The van der Waals surface area contributed by atoms with Crippen molar-refractivity contribution in [3.63, 3.8) is 0 Å². The highest BCUT2D eigenvalue weighted by Gasteiger charge is 2.37. The van der Waals surface area contributed by atoms with Crippen LogP contribution < -0.4 is 10.6 Å². The number of piperidine rings is 3. The first-order chi connectivity index (χ1) is 16.0. The molecule has 5 aliphatic rings. The Morgan fingerprint density at radius 3 is 2.58 bits per heavy atom. The summed E-state index contributed by atoms with van der Waals surface area (Å²) >= 11 is 0. The van der Waals surface area contributed by atoms with Crippen molar-refractivity contribution in [2.24, 2.45) is 17.6 Å². The number of anilines is 1. The van der Waals surface area contributed by atoms with Crippen molar-refractivity contribution in [1.29, 1.82) is 0 Å². The third-order valence-electron chi connectivity index (χ3n) is 7.79. The van der Waals surface area contributed by atoms with Gasteiger partial charge in [0, 0.05) is 37.3 Å². The highest BCUT2D eigenvalue weighted by molar-refractivity contribution is 6.05. The topological polar surface area (TPSA) is 103 Å². The molecule has 9 nitrogen and oxygen atoms in total. The fourth-order valence-corrected chi connectivity index (χ4v) is 5.73. The summed E-state index contributed by atoms with van der Waals surface area (Å²) in [5.41, 5.74) is 7.27. The Morgan fingerprint density at radius 2 is 1.88 bits per heavy atom. The number of primary amides is 1. The molecule has 1 aromatic carbocycles. The van der Waals surface area contributed by atoms with Gasteiger partial charge in [0.25, 0.3) is 0 Å². The molecule has 1 aromatic heterocycles. The first-order valence-corrected chi connectivity index (χ1v) is 12.2. The van der Waals surface area contributed by atoms with Gasteiger partial charge in [-0.2, -0.15) is 5.10 Å². The minimum Gasteiger partial charge on any atom is -0.376 e. The number of benzene rings is 1. The fourth-order valence-electron chi connectivity index (χ4n) is 5.73. The molecular weight excluding hydrogens is 422 g/mol. The highest BCUT2D eigenvalue weighted by atomic mass is 16.6. The summed E-state index contributed by atoms with van der Waals surface area (Å²) in [6.07, 6.45) is 5.07. The standard InChI is InChI=1S/C24H31N5O4/c25-24(31)33-23(30)22-19-4-3-17(28-10-7-18(12-28)32-14-15-1-2-15)11-20(19)29(26-22)21-13-27-8-5-16(21)6-9-27/h3-4,11,15-16,18,21H,1-2,5-10,12-14H2,(H2,25,31)/t18?,21-/m0/s1. The van der Waals surface area contributed by atoms with E-state index in [9.17, 15) is 9.59 Å². The van der Waals surface area contributed by atoms with E-state index in [0.29, 0.717) is 11.3 Å². The minimum atomic E-state index is -1.11. The van der Waals surface area contributed by atoms with E-state index < -0.39 is 12.1 Å². The predicted octanol–water partition coefficient (Wildman–Crippen LogP) is 2.54. The molecule has 33 heavy (non-hydrogen) atoms. The maximum atomic E-state index is 12.6. The predicted molar refractivity (Wildman–Crippen MR) is 122 cm³/mol. The van der Waals surface area contributed by atoms with Gasteiger partial charge in [0.05, 0.1) is 17.7 Å². The zero-order valence-electron chi connectivity index (χ0n) is 18.8. The highest BCUT2D eigenvalue weighted by Crippen LogP contribution is 2.38. The Labute approximate surface area is 192 Å². The lowest BCUT2D eigenvalue weighted by atomic mass is 9.84. The molecule has 2 aromatic rings. The number of fused-ring (bicyclic) bond motifs is 4. The molecule has 1 unspecified atom stereocenters. The molecule has 2 bridgehead atoms. The van der Waals surface area contributed by atoms with Crippen molar-refractivity contribution in [3.05, 3.63) is 23.9 Å². The maximum absolute atomic E-state index is 12.6. The number of aromatic nitrogens is 2. The summed E-state index contributed by atoms with van der Waals surface area (Å²) in [7, 11) is 0. The third-order valence-corrected chi connectivity index (χ3v) is 7.79. The molecule has 1 saturated carbocycles. The summed E-state index contributed by atoms with van der Waals surface area (Å²) in [5.74, 6) is 0.508. The maximum Gasteiger partial charge on any atom is 0.412 e. The van der Waals surface area contributed by atoms with E-state index in [0.717, 1.165) is 75.7 Å². The first-order valence-electron chi connectivity index (χ1n) is 12.2. The van der Waals surface area contributed by atoms with Gasteiger partial charge in [-0.3, -0.25) is 4.68 Å². The van der Waals surface area contributed by atoms with E-state index >= 15 is 0 Å². The van der Waals surface area contributed by atoms with Gasteiger partial charge in [0.2, 0.25) is 0 Å². The molecule has 4 aliphatic heterocycles. The summed E-state index contributed by atoms with van der Waals surface area (Å²) < 4.78 is 12.8. The Morgan fingerprint density at radius 1 is 1.06 bits per heavy atom. The largest absolute Gasteiger partial charge is 0.412 e. The lowest BCUT2D eigenvalue weighted by Gasteiger charge is -2.44. The molecule has 0 spiro atoms. The summed E-state index contributed by atoms with van der Waals surface area (Å²) in [6.45, 7) is 5.89. The molecule has 5 heterocycles. The van der Waals surface area contributed by atoms with Crippen LogP contribution in [0.5, 0.6) is 0 Å². The van der Waals surface area contributed by atoms with Crippen LogP contribution in [0.3, 0.4) is 0 Å². The van der Waals surface area contributed by atoms with Gasteiger partial charge in [0.1, 0.15) is 0 Å². The molecule has 7 rings (SSSR count). The second-order valence-corrected chi connectivity index (χ2v) is 10.0. The van der Waals surface area contributed by atoms with Crippen molar-refractivity contribution >= 4 is 28.7 Å². The number of hydrogen-bond acceptors (Lipinski definition) is 7. The number of nitrogens with zero attached hydrogens (tertiary/aromatic N) is 4. The lowest BCUT2D eigenvalue weighted by molar-refractivity contribution is 0.0518. The second-order valence-electron chi connectivity index (χ2n) is 10.0. The van der Waals surface area contributed by atoms with Crippen molar-refractivity contribution in [2.45, 2.75) is 44.2 Å². The summed E-state index contributed by atoms with van der Waals surface area (Å²) in [5, 5.41) is 5.38. The number of carbonyl (C=O) groups excluding carboxylic acids is 2. The normalized spacial score (nSPS) is 29.0. The Bertz CT molecular complexity index is 1070. The van der Waals surface area contributed by atoms with Crippen LogP contribution in [-0.4, -0.2) is 72.2 Å². The van der Waals surface area contributed by atoms with Crippen LogP contribution in [-0.2, 0) is 9.47 Å². The van der Waals surface area contributed by atoms with E-state index in [2.05, 4.69) is 25.7 Å². The molecule has 176 valence electrons. The number of carbonyl (C=O) groups is 2. The van der Waals surface area contributed by atoms with Crippen molar-refractivity contribution in [3.8, 4) is 0 Å². The SMILES string of the molecule is NC(=O)OC(=O)c1nn([C@H]2CN3CCC2CC3)c2cc(N3CCC(OCC4CC4)C3)ccc12. The number of hydrogen-bond donors (Lipinski definition) is 1. The molecule has 2 N–H and O–H groups in total. The average molecular weight is 454 g/mol. The number of esters is 1. The monoisotopic (exact) mass is 453 g/mol. The van der Waals surface area contributed by atoms with Gasteiger partial charge >= 0.3 is 12.1 Å². The smallest absolute Gasteiger partial charge is 0.376 e. The van der Waals surface area contributed by atoms with Gasteiger partial charge < -0.3 is 25.0 Å². The van der Waals surface area contributed by atoms with Gasteiger partial charge in [0.15, 0.2) is 5.69 Å². The number of amides is 1. The third kappa shape index (κ3) is 4.08. The molecule has 9 heteroatoms. The number of ether oxygens (including phenoxy) is 2.